The molecule has 1 aliphatic rings. The third-order valence-electron chi connectivity index (χ3n) is 6.39. The number of benzene rings is 3. The molecule has 1 aromatic heterocycles. The van der Waals surface area contributed by atoms with Crippen molar-refractivity contribution in [3.63, 3.8) is 0 Å². The molecule has 0 unspecified atom stereocenters. The van der Waals surface area contributed by atoms with Crippen LogP contribution >= 0.6 is 0 Å². The minimum absolute atomic E-state index is 0.0141. The predicted octanol–water partition coefficient (Wildman–Crippen LogP) is 5.28. The van der Waals surface area contributed by atoms with Gasteiger partial charge >= 0.3 is 0 Å². The Morgan fingerprint density at radius 1 is 0.949 bits per heavy atom. The van der Waals surface area contributed by atoms with Crippen molar-refractivity contribution in [2.24, 2.45) is 0 Å². The van der Waals surface area contributed by atoms with E-state index in [2.05, 4.69) is 33.4 Å². The molecule has 9 nitrogen and oxygen atoms in total. The van der Waals surface area contributed by atoms with E-state index >= 15 is 0 Å². The Bertz CT molecular complexity index is 1550. The molecule has 39 heavy (non-hydrogen) atoms. The molecule has 2 heterocycles. The smallest absolute Gasteiger partial charge is 0.264 e. The fourth-order valence-corrected chi connectivity index (χ4v) is 5.42. The molecule has 0 atom stereocenters. The van der Waals surface area contributed by atoms with Crippen LogP contribution < -0.4 is 20.1 Å². The number of sulfonamides is 1. The molecular weight excluding hydrogens is 514 g/mol. The first-order valence-corrected chi connectivity index (χ1v) is 14.2. The van der Waals surface area contributed by atoms with E-state index in [4.69, 9.17) is 15.2 Å². The lowest BCUT2D eigenvalue weighted by atomic mass is 9.95. The van der Waals surface area contributed by atoms with Gasteiger partial charge in [-0.15, -0.1) is 0 Å². The maximum absolute atomic E-state index is 13.1. The minimum Gasteiger partial charge on any atom is -0.439 e. The van der Waals surface area contributed by atoms with E-state index < -0.39 is 10.0 Å². The van der Waals surface area contributed by atoms with Crippen molar-refractivity contribution in [3.05, 3.63) is 84.4 Å². The SMILES string of the molecule is CC(C)c1ccccc1-c1cc(Oc2ccc(N3CCOCC3)cc2)nc(NS(=O)(=O)c2cccc(N)c2)n1. The molecule has 202 valence electrons. The van der Waals surface area contributed by atoms with Crippen LogP contribution in [-0.2, 0) is 14.8 Å². The summed E-state index contributed by atoms with van der Waals surface area (Å²) in [5, 5.41) is 0. The molecule has 1 aliphatic heterocycles. The van der Waals surface area contributed by atoms with Gasteiger partial charge in [0.25, 0.3) is 10.0 Å². The molecule has 0 aliphatic carbocycles. The van der Waals surface area contributed by atoms with Crippen LogP contribution in [0.1, 0.15) is 25.3 Å². The van der Waals surface area contributed by atoms with Gasteiger partial charge in [-0.25, -0.2) is 18.1 Å². The molecule has 5 rings (SSSR count). The van der Waals surface area contributed by atoms with Crippen LogP contribution in [0.2, 0.25) is 0 Å². The highest BCUT2D eigenvalue weighted by Crippen LogP contribution is 2.32. The molecule has 3 N–H and O–H groups in total. The molecule has 10 heteroatoms. The number of hydrogen-bond acceptors (Lipinski definition) is 8. The van der Waals surface area contributed by atoms with E-state index in [0.29, 0.717) is 30.3 Å². The van der Waals surface area contributed by atoms with Crippen LogP contribution in [0.15, 0.2) is 83.8 Å². The van der Waals surface area contributed by atoms with Crippen LogP contribution in [0.4, 0.5) is 17.3 Å². The average molecular weight is 546 g/mol. The van der Waals surface area contributed by atoms with Gasteiger partial charge in [0.2, 0.25) is 11.8 Å². The van der Waals surface area contributed by atoms with Crippen molar-refractivity contribution in [1.29, 1.82) is 0 Å². The molecule has 0 amide bonds. The van der Waals surface area contributed by atoms with Crippen molar-refractivity contribution in [3.8, 4) is 22.9 Å². The monoisotopic (exact) mass is 545 g/mol. The molecule has 0 bridgehead atoms. The van der Waals surface area contributed by atoms with Crippen molar-refractivity contribution >= 4 is 27.3 Å². The first kappa shape index (κ1) is 26.5. The van der Waals surface area contributed by atoms with E-state index in [1.807, 2.05) is 48.5 Å². The molecule has 4 aromatic rings. The second kappa shape index (κ2) is 11.3. The van der Waals surface area contributed by atoms with Gasteiger partial charge in [0.05, 0.1) is 23.8 Å². The number of nitrogens with zero attached hydrogens (tertiary/aromatic N) is 3. The molecule has 0 radical (unpaired) electrons. The summed E-state index contributed by atoms with van der Waals surface area (Å²) < 4.78 is 40.3. The lowest BCUT2D eigenvalue weighted by Gasteiger charge is -2.28. The van der Waals surface area contributed by atoms with E-state index in [1.54, 1.807) is 18.2 Å². The topological polar surface area (TPSA) is 120 Å². The van der Waals surface area contributed by atoms with Gasteiger partial charge in [0, 0.05) is 36.1 Å². The number of ether oxygens (including phenoxy) is 2. The van der Waals surface area contributed by atoms with Gasteiger partial charge in [-0.05, 0) is 53.9 Å². The van der Waals surface area contributed by atoms with E-state index in [-0.39, 0.29) is 22.6 Å². The molecular formula is C29H31N5O4S. The van der Waals surface area contributed by atoms with Gasteiger partial charge in [0.15, 0.2) is 0 Å². The lowest BCUT2D eigenvalue weighted by Crippen LogP contribution is -2.36. The summed E-state index contributed by atoms with van der Waals surface area (Å²) in [6.45, 7) is 7.26. The highest BCUT2D eigenvalue weighted by atomic mass is 32.2. The predicted molar refractivity (Wildman–Crippen MR) is 153 cm³/mol. The molecule has 1 fully saturated rings. The standard InChI is InChI=1S/C29H31N5O4S/c1-20(2)25-8-3-4-9-26(25)27-19-28(38-23-12-10-22(11-13-23)34-14-16-37-17-15-34)32-29(31-27)33-39(35,36)24-7-5-6-21(30)18-24/h3-13,18-20H,14-17,30H2,1-2H3,(H,31,32,33). The summed E-state index contributed by atoms with van der Waals surface area (Å²) in [6, 6.07) is 23.3. The molecule has 0 saturated carbocycles. The van der Waals surface area contributed by atoms with Gasteiger partial charge in [0.1, 0.15) is 5.75 Å². The molecule has 3 aromatic carbocycles. The largest absolute Gasteiger partial charge is 0.439 e. The number of nitrogens with one attached hydrogen (secondary N) is 1. The zero-order valence-corrected chi connectivity index (χ0v) is 22.7. The molecule has 0 spiro atoms. The number of anilines is 3. The quantitative estimate of drug-likeness (QED) is 0.287. The maximum Gasteiger partial charge on any atom is 0.264 e. The van der Waals surface area contributed by atoms with E-state index in [1.165, 1.54) is 12.1 Å². The third kappa shape index (κ3) is 6.30. The Morgan fingerprint density at radius 2 is 1.69 bits per heavy atom. The van der Waals surface area contributed by atoms with Crippen molar-refractivity contribution in [2.45, 2.75) is 24.7 Å². The second-order valence-electron chi connectivity index (χ2n) is 9.53. The zero-order valence-electron chi connectivity index (χ0n) is 21.9. The number of hydrogen-bond donors (Lipinski definition) is 2. The Morgan fingerprint density at radius 3 is 2.41 bits per heavy atom. The third-order valence-corrected chi connectivity index (χ3v) is 7.72. The Kier molecular flexibility index (Phi) is 7.67. The van der Waals surface area contributed by atoms with Gasteiger partial charge in [-0.3, -0.25) is 0 Å². The minimum atomic E-state index is -4.00. The fourth-order valence-electron chi connectivity index (χ4n) is 4.42. The number of rotatable bonds is 8. The van der Waals surface area contributed by atoms with Crippen molar-refractivity contribution in [1.82, 2.24) is 9.97 Å². The van der Waals surface area contributed by atoms with Crippen molar-refractivity contribution < 1.29 is 17.9 Å². The summed E-state index contributed by atoms with van der Waals surface area (Å²) >= 11 is 0. The number of morpholine rings is 1. The normalized spacial score (nSPS) is 13.9. The summed E-state index contributed by atoms with van der Waals surface area (Å²) in [5.41, 5.74) is 9.70. The maximum atomic E-state index is 13.1. The van der Waals surface area contributed by atoms with Gasteiger partial charge < -0.3 is 20.1 Å². The lowest BCUT2D eigenvalue weighted by molar-refractivity contribution is 0.122. The second-order valence-corrected chi connectivity index (χ2v) is 11.2. The zero-order chi connectivity index (χ0) is 27.4. The highest BCUT2D eigenvalue weighted by molar-refractivity contribution is 7.92. The number of aromatic nitrogens is 2. The van der Waals surface area contributed by atoms with Crippen LogP contribution in [-0.4, -0.2) is 44.7 Å². The van der Waals surface area contributed by atoms with Crippen LogP contribution in [0.25, 0.3) is 11.3 Å². The summed E-state index contributed by atoms with van der Waals surface area (Å²) in [6.07, 6.45) is 0. The van der Waals surface area contributed by atoms with E-state index in [0.717, 1.165) is 29.9 Å². The Hall–Kier alpha value is -4.15. The first-order chi connectivity index (χ1) is 18.8. The van der Waals surface area contributed by atoms with Gasteiger partial charge in [-0.1, -0.05) is 44.2 Å². The van der Waals surface area contributed by atoms with Crippen LogP contribution in [0.3, 0.4) is 0 Å². The summed E-state index contributed by atoms with van der Waals surface area (Å²) in [7, 11) is -4.00. The van der Waals surface area contributed by atoms with Crippen LogP contribution in [0, 0.1) is 0 Å². The number of nitrogens with two attached hydrogens (primary N) is 1. The van der Waals surface area contributed by atoms with E-state index in [9.17, 15) is 8.42 Å². The summed E-state index contributed by atoms with van der Waals surface area (Å²) in [4.78, 5) is 11.2. The van der Waals surface area contributed by atoms with Crippen LogP contribution in [0.5, 0.6) is 11.6 Å². The van der Waals surface area contributed by atoms with Gasteiger partial charge in [-0.2, -0.15) is 4.98 Å². The number of nitrogen functional groups attached to an aromatic ring is 1. The first-order valence-electron chi connectivity index (χ1n) is 12.8. The molecule has 1 saturated heterocycles. The highest BCUT2D eigenvalue weighted by Gasteiger charge is 2.19. The summed E-state index contributed by atoms with van der Waals surface area (Å²) in [5.74, 6) is 0.899. The average Bonchev–Trinajstić information content (AvgIpc) is 2.93. The Balaban J connectivity index is 1.50. The Labute approximate surface area is 228 Å². The fraction of sp³-hybridized carbons (Fsp3) is 0.241. The van der Waals surface area contributed by atoms with Crippen molar-refractivity contribution in [2.75, 3.05) is 41.7 Å².